The van der Waals surface area contributed by atoms with E-state index in [0.29, 0.717) is 47.1 Å². The van der Waals surface area contributed by atoms with Crippen LogP contribution in [-0.2, 0) is 11.8 Å². The fourth-order valence-electron chi connectivity index (χ4n) is 3.02. The van der Waals surface area contributed by atoms with Gasteiger partial charge in [0.1, 0.15) is 13.2 Å². The van der Waals surface area contributed by atoms with Crippen molar-refractivity contribution in [2.24, 2.45) is 7.05 Å². The van der Waals surface area contributed by atoms with E-state index in [1.54, 1.807) is 43.4 Å². The minimum atomic E-state index is -0.469. The standard InChI is InChI=1S/C20H18N2O6/c1-22-14-11-13(3-6-16(14)28-20(22)25)21-19(24)7-4-15(23)12-2-5-17-18(10-12)27-9-8-26-17/h2-3,5-6,10-11H,4,7-9H2,1H3,(H,21,24). The van der Waals surface area contributed by atoms with Crippen LogP contribution in [0.1, 0.15) is 23.2 Å². The molecule has 2 aromatic carbocycles. The van der Waals surface area contributed by atoms with Crippen molar-refractivity contribution < 1.29 is 23.5 Å². The van der Waals surface area contributed by atoms with E-state index in [2.05, 4.69) is 5.32 Å². The molecule has 8 heteroatoms. The molecule has 1 N–H and O–H groups in total. The summed E-state index contributed by atoms with van der Waals surface area (Å²) in [6.07, 6.45) is 0.105. The van der Waals surface area contributed by atoms with E-state index < -0.39 is 5.76 Å². The van der Waals surface area contributed by atoms with Crippen LogP contribution in [0.3, 0.4) is 0 Å². The number of anilines is 1. The van der Waals surface area contributed by atoms with Crippen LogP contribution in [0, 0.1) is 0 Å². The average molecular weight is 382 g/mol. The van der Waals surface area contributed by atoms with E-state index in [-0.39, 0.29) is 24.5 Å². The highest BCUT2D eigenvalue weighted by Crippen LogP contribution is 2.31. The van der Waals surface area contributed by atoms with Crippen molar-refractivity contribution in [1.82, 2.24) is 4.57 Å². The molecule has 0 bridgehead atoms. The largest absolute Gasteiger partial charge is 0.486 e. The number of ketones is 1. The minimum absolute atomic E-state index is 0.0373. The number of carbonyl (C=O) groups is 2. The number of Topliss-reactive ketones (excluding diaryl/α,β-unsaturated/α-hetero) is 1. The van der Waals surface area contributed by atoms with Gasteiger partial charge in [0.05, 0.1) is 5.52 Å². The summed E-state index contributed by atoms with van der Waals surface area (Å²) in [5.41, 5.74) is 2.03. The van der Waals surface area contributed by atoms with E-state index >= 15 is 0 Å². The molecule has 1 aliphatic rings. The number of fused-ring (bicyclic) bond motifs is 2. The molecule has 0 spiro atoms. The van der Waals surface area contributed by atoms with Gasteiger partial charge in [-0.3, -0.25) is 14.2 Å². The van der Waals surface area contributed by atoms with Gasteiger partial charge >= 0.3 is 5.76 Å². The normalized spacial score (nSPS) is 12.8. The SMILES string of the molecule is Cn1c(=O)oc2ccc(NC(=O)CCC(=O)c3ccc4c(c3)OCCO4)cc21. The van der Waals surface area contributed by atoms with Crippen molar-refractivity contribution in [3.63, 3.8) is 0 Å². The summed E-state index contributed by atoms with van der Waals surface area (Å²) in [6, 6.07) is 9.93. The smallest absolute Gasteiger partial charge is 0.419 e. The number of oxazole rings is 1. The monoisotopic (exact) mass is 382 g/mol. The molecular formula is C20H18N2O6. The van der Waals surface area contributed by atoms with Crippen molar-refractivity contribution in [2.45, 2.75) is 12.8 Å². The number of aryl methyl sites for hydroxylation is 1. The first kappa shape index (κ1) is 17.8. The molecule has 0 saturated heterocycles. The molecule has 1 amide bonds. The fourth-order valence-corrected chi connectivity index (χ4v) is 3.02. The second-order valence-electron chi connectivity index (χ2n) is 6.44. The van der Waals surface area contributed by atoms with Gasteiger partial charge in [-0.25, -0.2) is 4.79 Å². The van der Waals surface area contributed by atoms with Crippen molar-refractivity contribution in [3.05, 3.63) is 52.5 Å². The van der Waals surface area contributed by atoms with Crippen molar-refractivity contribution in [1.29, 1.82) is 0 Å². The Morgan fingerprint density at radius 1 is 1.04 bits per heavy atom. The van der Waals surface area contributed by atoms with Crippen LogP contribution in [0.15, 0.2) is 45.6 Å². The van der Waals surface area contributed by atoms with Gasteiger partial charge in [-0.15, -0.1) is 0 Å². The van der Waals surface area contributed by atoms with Crippen molar-refractivity contribution >= 4 is 28.5 Å². The van der Waals surface area contributed by atoms with Crippen LogP contribution in [0.4, 0.5) is 5.69 Å². The maximum Gasteiger partial charge on any atom is 0.419 e. The topological polar surface area (TPSA) is 99.8 Å². The molecule has 28 heavy (non-hydrogen) atoms. The molecule has 0 radical (unpaired) electrons. The second kappa shape index (κ2) is 7.22. The highest BCUT2D eigenvalue weighted by atomic mass is 16.6. The lowest BCUT2D eigenvalue weighted by atomic mass is 10.1. The molecule has 1 aliphatic heterocycles. The summed E-state index contributed by atoms with van der Waals surface area (Å²) in [5, 5.41) is 2.73. The van der Waals surface area contributed by atoms with E-state index in [1.165, 1.54) is 4.57 Å². The third kappa shape index (κ3) is 3.48. The Morgan fingerprint density at radius 3 is 2.64 bits per heavy atom. The summed E-state index contributed by atoms with van der Waals surface area (Å²) < 4.78 is 17.3. The zero-order chi connectivity index (χ0) is 19.7. The number of aromatic nitrogens is 1. The maximum absolute atomic E-state index is 12.4. The van der Waals surface area contributed by atoms with Crippen molar-refractivity contribution in [2.75, 3.05) is 18.5 Å². The maximum atomic E-state index is 12.4. The molecule has 144 valence electrons. The van der Waals surface area contributed by atoms with Gasteiger partial charge in [0.2, 0.25) is 5.91 Å². The Morgan fingerprint density at radius 2 is 1.82 bits per heavy atom. The molecule has 3 aromatic rings. The van der Waals surface area contributed by atoms with Crippen LogP contribution in [0.25, 0.3) is 11.1 Å². The first-order valence-electron chi connectivity index (χ1n) is 8.83. The van der Waals surface area contributed by atoms with Gasteiger partial charge in [0, 0.05) is 31.1 Å². The number of hydrogen-bond donors (Lipinski definition) is 1. The van der Waals surface area contributed by atoms with E-state index in [0.717, 1.165) is 0 Å². The third-order valence-corrected chi connectivity index (χ3v) is 4.52. The number of nitrogens with zero attached hydrogens (tertiary/aromatic N) is 1. The molecule has 1 aromatic heterocycles. The minimum Gasteiger partial charge on any atom is -0.486 e. The predicted octanol–water partition coefficient (Wildman–Crippen LogP) is 2.50. The van der Waals surface area contributed by atoms with Gasteiger partial charge in [-0.1, -0.05) is 0 Å². The number of benzene rings is 2. The number of hydrogen-bond acceptors (Lipinski definition) is 6. The Balaban J connectivity index is 1.38. The number of ether oxygens (including phenoxy) is 2. The molecule has 0 unspecified atom stereocenters. The van der Waals surface area contributed by atoms with E-state index in [4.69, 9.17) is 13.9 Å². The molecule has 4 rings (SSSR count). The Labute approximate surface area is 159 Å². The molecule has 0 saturated carbocycles. The highest BCUT2D eigenvalue weighted by molar-refractivity contribution is 6.00. The van der Waals surface area contributed by atoms with Crippen molar-refractivity contribution in [3.8, 4) is 11.5 Å². The number of amides is 1. The van der Waals surface area contributed by atoms with Crippen LogP contribution in [0.2, 0.25) is 0 Å². The average Bonchev–Trinajstić information content (AvgIpc) is 2.99. The predicted molar refractivity (Wildman–Crippen MR) is 101 cm³/mol. The summed E-state index contributed by atoms with van der Waals surface area (Å²) in [6.45, 7) is 0.929. The van der Waals surface area contributed by atoms with E-state index in [9.17, 15) is 14.4 Å². The summed E-state index contributed by atoms with van der Waals surface area (Å²) in [4.78, 5) is 36.1. The zero-order valence-electron chi connectivity index (χ0n) is 15.2. The number of nitrogens with one attached hydrogen (secondary N) is 1. The molecule has 2 heterocycles. The molecule has 0 atom stereocenters. The van der Waals surface area contributed by atoms with Gasteiger partial charge in [0.15, 0.2) is 22.9 Å². The zero-order valence-corrected chi connectivity index (χ0v) is 15.2. The van der Waals surface area contributed by atoms with Gasteiger partial charge in [-0.2, -0.15) is 0 Å². The van der Waals surface area contributed by atoms with Gasteiger partial charge in [0.25, 0.3) is 0 Å². The highest BCUT2D eigenvalue weighted by Gasteiger charge is 2.16. The first-order valence-corrected chi connectivity index (χ1v) is 8.83. The second-order valence-corrected chi connectivity index (χ2v) is 6.44. The molecule has 0 fully saturated rings. The van der Waals surface area contributed by atoms with Crippen LogP contribution >= 0.6 is 0 Å². The molecular weight excluding hydrogens is 364 g/mol. The quantitative estimate of drug-likeness (QED) is 0.681. The molecule has 8 nitrogen and oxygen atoms in total. The van der Waals surface area contributed by atoms with E-state index in [1.807, 2.05) is 0 Å². The summed E-state index contributed by atoms with van der Waals surface area (Å²) in [7, 11) is 1.59. The number of rotatable bonds is 5. The lowest BCUT2D eigenvalue weighted by Crippen LogP contribution is -2.16. The van der Waals surface area contributed by atoms with Crippen LogP contribution in [0.5, 0.6) is 11.5 Å². The third-order valence-electron chi connectivity index (χ3n) is 4.52. The van der Waals surface area contributed by atoms with Crippen LogP contribution in [-0.4, -0.2) is 29.5 Å². The Hall–Kier alpha value is -3.55. The Bertz CT molecular complexity index is 1130. The lowest BCUT2D eigenvalue weighted by molar-refractivity contribution is -0.116. The fraction of sp³-hybridized carbons (Fsp3) is 0.250. The van der Waals surface area contributed by atoms with Crippen LogP contribution < -0.4 is 20.5 Å². The first-order chi connectivity index (χ1) is 13.5. The summed E-state index contributed by atoms with van der Waals surface area (Å²) >= 11 is 0. The number of carbonyl (C=O) groups excluding carboxylic acids is 2. The van der Waals surface area contributed by atoms with Gasteiger partial charge in [-0.05, 0) is 36.4 Å². The lowest BCUT2D eigenvalue weighted by Gasteiger charge is -2.18. The molecule has 0 aliphatic carbocycles. The van der Waals surface area contributed by atoms with Gasteiger partial charge < -0.3 is 19.2 Å². The Kier molecular flexibility index (Phi) is 4.60. The summed E-state index contributed by atoms with van der Waals surface area (Å²) in [5.74, 6) is 0.243.